The van der Waals surface area contributed by atoms with E-state index in [1.807, 2.05) is 12.1 Å². The standard InChI is InChI=1S/C20H24N6OS/c1-25(20(14-21)9-3-2-4-10-20)17(27)13-28-19-24-23-18(26(19)16-5-6-16)15-7-11-22-12-8-15/h7-8,11-12,16H,2-6,9-10,13H2,1H3. The fraction of sp³-hybridized carbons (Fsp3) is 0.550. The van der Waals surface area contributed by atoms with Crippen molar-refractivity contribution in [2.24, 2.45) is 0 Å². The van der Waals surface area contributed by atoms with Crippen LogP contribution in [0.3, 0.4) is 0 Å². The summed E-state index contributed by atoms with van der Waals surface area (Å²) >= 11 is 1.41. The fourth-order valence-electron chi connectivity index (χ4n) is 3.86. The van der Waals surface area contributed by atoms with Crippen LogP contribution in [-0.4, -0.2) is 48.9 Å². The lowest BCUT2D eigenvalue weighted by molar-refractivity contribution is -0.131. The number of carbonyl (C=O) groups excluding carboxylic acids is 1. The Hall–Kier alpha value is -2.40. The van der Waals surface area contributed by atoms with E-state index in [4.69, 9.17) is 0 Å². The maximum atomic E-state index is 12.8. The molecule has 1 amide bonds. The van der Waals surface area contributed by atoms with Crippen LogP contribution in [0.2, 0.25) is 0 Å². The van der Waals surface area contributed by atoms with Gasteiger partial charge in [-0.1, -0.05) is 31.0 Å². The molecule has 0 N–H and O–H groups in total. The Morgan fingerprint density at radius 1 is 1.29 bits per heavy atom. The summed E-state index contributed by atoms with van der Waals surface area (Å²) in [5, 5.41) is 19.2. The molecule has 0 unspecified atom stereocenters. The first kappa shape index (κ1) is 18.9. The van der Waals surface area contributed by atoms with Gasteiger partial charge >= 0.3 is 0 Å². The van der Waals surface area contributed by atoms with Crippen LogP contribution in [0.5, 0.6) is 0 Å². The molecule has 0 aromatic carbocycles. The van der Waals surface area contributed by atoms with Gasteiger partial charge < -0.3 is 4.90 Å². The van der Waals surface area contributed by atoms with E-state index in [0.717, 1.165) is 61.5 Å². The third-order valence-corrected chi connectivity index (χ3v) is 6.67. The SMILES string of the molecule is CN(C(=O)CSc1nnc(-c2ccncc2)n1C1CC1)C1(C#N)CCCCC1. The predicted molar refractivity (Wildman–Crippen MR) is 106 cm³/mol. The van der Waals surface area contributed by atoms with Crippen LogP contribution < -0.4 is 0 Å². The summed E-state index contributed by atoms with van der Waals surface area (Å²) in [4.78, 5) is 18.6. The molecule has 2 aliphatic carbocycles. The van der Waals surface area contributed by atoms with E-state index in [-0.39, 0.29) is 11.7 Å². The zero-order chi connectivity index (χ0) is 19.6. The Morgan fingerprint density at radius 3 is 2.64 bits per heavy atom. The number of rotatable bonds is 6. The van der Waals surface area contributed by atoms with E-state index in [9.17, 15) is 10.1 Å². The van der Waals surface area contributed by atoms with Gasteiger partial charge in [0.15, 0.2) is 11.0 Å². The van der Waals surface area contributed by atoms with Gasteiger partial charge in [0.1, 0.15) is 5.54 Å². The van der Waals surface area contributed by atoms with Crippen LogP contribution >= 0.6 is 11.8 Å². The third kappa shape index (κ3) is 3.63. The average Bonchev–Trinajstić information content (AvgIpc) is 3.51. The lowest BCUT2D eigenvalue weighted by Gasteiger charge is -2.39. The Morgan fingerprint density at radius 2 is 2.00 bits per heavy atom. The fourth-order valence-corrected chi connectivity index (χ4v) is 4.78. The summed E-state index contributed by atoms with van der Waals surface area (Å²) in [6, 6.07) is 6.67. The van der Waals surface area contributed by atoms with Crippen molar-refractivity contribution in [3.05, 3.63) is 24.5 Å². The number of carbonyl (C=O) groups is 1. The number of nitrogens with zero attached hydrogens (tertiary/aromatic N) is 6. The minimum absolute atomic E-state index is 0.0238. The maximum absolute atomic E-state index is 12.8. The van der Waals surface area contributed by atoms with Crippen molar-refractivity contribution in [1.29, 1.82) is 5.26 Å². The maximum Gasteiger partial charge on any atom is 0.234 e. The Labute approximate surface area is 169 Å². The largest absolute Gasteiger partial charge is 0.326 e. The second-order valence-corrected chi connectivity index (χ2v) is 8.53. The highest BCUT2D eigenvalue weighted by molar-refractivity contribution is 7.99. The molecule has 28 heavy (non-hydrogen) atoms. The topological polar surface area (TPSA) is 87.7 Å². The molecular formula is C20H24N6OS. The smallest absolute Gasteiger partial charge is 0.234 e. The Kier molecular flexibility index (Phi) is 5.36. The van der Waals surface area contributed by atoms with Crippen molar-refractivity contribution >= 4 is 17.7 Å². The molecule has 0 radical (unpaired) electrons. The van der Waals surface area contributed by atoms with E-state index in [1.54, 1.807) is 24.3 Å². The van der Waals surface area contributed by atoms with Gasteiger partial charge in [0.2, 0.25) is 5.91 Å². The Balaban J connectivity index is 1.49. The number of hydrogen-bond donors (Lipinski definition) is 0. The normalized spacial score (nSPS) is 18.4. The van der Waals surface area contributed by atoms with Gasteiger partial charge in [-0.25, -0.2) is 0 Å². The molecule has 0 atom stereocenters. The van der Waals surface area contributed by atoms with Gasteiger partial charge in [-0.3, -0.25) is 14.3 Å². The van der Waals surface area contributed by atoms with Crippen LogP contribution in [-0.2, 0) is 4.79 Å². The number of aromatic nitrogens is 4. The van der Waals surface area contributed by atoms with Crippen LogP contribution in [0.4, 0.5) is 0 Å². The summed E-state index contributed by atoms with van der Waals surface area (Å²) in [6.07, 6.45) is 10.4. The molecule has 2 aromatic heterocycles. The van der Waals surface area contributed by atoms with E-state index in [0.29, 0.717) is 6.04 Å². The van der Waals surface area contributed by atoms with Crippen molar-refractivity contribution in [3.63, 3.8) is 0 Å². The summed E-state index contributed by atoms with van der Waals surface area (Å²) in [7, 11) is 1.77. The van der Waals surface area contributed by atoms with E-state index in [1.165, 1.54) is 11.8 Å². The highest BCUT2D eigenvalue weighted by atomic mass is 32.2. The first-order valence-corrected chi connectivity index (χ1v) is 10.8. The molecular weight excluding hydrogens is 372 g/mol. The molecule has 2 heterocycles. The minimum atomic E-state index is -0.651. The van der Waals surface area contributed by atoms with Gasteiger partial charge in [0, 0.05) is 31.0 Å². The number of thioether (sulfide) groups is 1. The van der Waals surface area contributed by atoms with Gasteiger partial charge in [-0.2, -0.15) is 5.26 Å². The van der Waals surface area contributed by atoms with Gasteiger partial charge in [0.05, 0.1) is 11.8 Å². The van der Waals surface area contributed by atoms with Crippen LogP contribution in [0, 0.1) is 11.3 Å². The number of hydrogen-bond acceptors (Lipinski definition) is 6. The third-order valence-electron chi connectivity index (χ3n) is 5.74. The lowest BCUT2D eigenvalue weighted by atomic mass is 9.81. The first-order chi connectivity index (χ1) is 13.6. The molecule has 2 aromatic rings. The molecule has 4 rings (SSSR count). The van der Waals surface area contributed by atoms with E-state index in [2.05, 4.69) is 25.8 Å². The zero-order valence-corrected chi connectivity index (χ0v) is 16.9. The van der Waals surface area contributed by atoms with Crippen molar-refractivity contribution in [2.75, 3.05) is 12.8 Å². The van der Waals surface area contributed by atoms with E-state index < -0.39 is 5.54 Å². The second-order valence-electron chi connectivity index (χ2n) is 7.59. The number of pyridine rings is 1. The number of nitriles is 1. The highest BCUT2D eigenvalue weighted by Crippen LogP contribution is 2.41. The van der Waals surface area contributed by atoms with Crippen LogP contribution in [0.25, 0.3) is 11.4 Å². The van der Waals surface area contributed by atoms with Crippen LogP contribution in [0.15, 0.2) is 29.7 Å². The van der Waals surface area contributed by atoms with Crippen LogP contribution in [0.1, 0.15) is 51.0 Å². The highest BCUT2D eigenvalue weighted by Gasteiger charge is 2.39. The zero-order valence-electron chi connectivity index (χ0n) is 16.0. The Bertz CT molecular complexity index is 880. The molecule has 146 valence electrons. The van der Waals surface area contributed by atoms with E-state index >= 15 is 0 Å². The van der Waals surface area contributed by atoms with Crippen molar-refractivity contribution in [1.82, 2.24) is 24.6 Å². The van der Waals surface area contributed by atoms with Gasteiger partial charge in [-0.15, -0.1) is 10.2 Å². The first-order valence-electron chi connectivity index (χ1n) is 9.81. The van der Waals surface area contributed by atoms with Gasteiger partial charge in [-0.05, 0) is 37.8 Å². The predicted octanol–water partition coefficient (Wildman–Crippen LogP) is 3.45. The molecule has 2 aliphatic rings. The summed E-state index contributed by atoms with van der Waals surface area (Å²) in [5.41, 5.74) is 0.331. The molecule has 7 nitrogen and oxygen atoms in total. The number of amides is 1. The molecule has 2 fully saturated rings. The second kappa shape index (κ2) is 7.92. The summed E-state index contributed by atoms with van der Waals surface area (Å²) < 4.78 is 2.15. The quantitative estimate of drug-likeness (QED) is 0.695. The minimum Gasteiger partial charge on any atom is -0.326 e. The van der Waals surface area contributed by atoms with Gasteiger partial charge in [0.25, 0.3) is 0 Å². The van der Waals surface area contributed by atoms with Crippen molar-refractivity contribution in [2.45, 2.75) is 61.7 Å². The molecule has 0 aliphatic heterocycles. The lowest BCUT2D eigenvalue weighted by Crippen LogP contribution is -2.50. The molecule has 0 saturated heterocycles. The summed E-state index contributed by atoms with van der Waals surface area (Å²) in [6.45, 7) is 0. The monoisotopic (exact) mass is 396 g/mol. The molecule has 0 bridgehead atoms. The van der Waals surface area contributed by atoms with Crippen molar-refractivity contribution < 1.29 is 4.79 Å². The average molecular weight is 397 g/mol. The molecule has 8 heteroatoms. The molecule has 2 saturated carbocycles. The van der Waals surface area contributed by atoms with Crippen molar-refractivity contribution in [3.8, 4) is 17.5 Å². The summed E-state index contributed by atoms with van der Waals surface area (Å²) in [5.74, 6) is 1.07. The molecule has 0 spiro atoms.